The standard InChI is InChI=1S/C29H22BrClN2O3S/c1-3-13-36-27-22(30)14-18(15-25(27)35-2)16-26-28(34)33-24(20-9-11-21(31)12-10-20)17-23(32-29(33)37-26)19-7-5-4-6-8-19/h3-12,14-17,24H,1,13H2,2H3. The first kappa shape index (κ1) is 25.3. The molecule has 1 aliphatic rings. The number of hydrogen-bond acceptors (Lipinski definition) is 5. The van der Waals surface area contributed by atoms with Gasteiger partial charge < -0.3 is 9.47 Å². The molecule has 1 aliphatic heterocycles. The minimum Gasteiger partial charge on any atom is -0.493 e. The Morgan fingerprint density at radius 3 is 2.62 bits per heavy atom. The smallest absolute Gasteiger partial charge is 0.271 e. The van der Waals surface area contributed by atoms with Crippen molar-refractivity contribution in [3.63, 3.8) is 0 Å². The van der Waals surface area contributed by atoms with Crippen LogP contribution in [0.15, 0.2) is 99.7 Å². The minimum atomic E-state index is -0.318. The number of benzene rings is 3. The van der Waals surface area contributed by atoms with Crippen LogP contribution in [0.2, 0.25) is 5.02 Å². The third kappa shape index (κ3) is 5.21. The van der Waals surface area contributed by atoms with E-state index in [-0.39, 0.29) is 11.6 Å². The Kier molecular flexibility index (Phi) is 7.46. The zero-order valence-corrected chi connectivity index (χ0v) is 23.0. The van der Waals surface area contributed by atoms with Crippen LogP contribution in [0.5, 0.6) is 11.5 Å². The van der Waals surface area contributed by atoms with Crippen molar-refractivity contribution in [3.8, 4) is 11.5 Å². The van der Waals surface area contributed by atoms with Crippen LogP contribution in [0.3, 0.4) is 0 Å². The van der Waals surface area contributed by atoms with Crippen LogP contribution >= 0.6 is 38.9 Å². The molecule has 0 saturated carbocycles. The molecule has 0 fully saturated rings. The predicted molar refractivity (Wildman–Crippen MR) is 153 cm³/mol. The lowest BCUT2D eigenvalue weighted by Gasteiger charge is -2.19. The molecule has 8 heteroatoms. The molecule has 0 bridgehead atoms. The first-order valence-corrected chi connectivity index (χ1v) is 13.4. The van der Waals surface area contributed by atoms with Crippen LogP contribution in [0.1, 0.15) is 22.7 Å². The van der Waals surface area contributed by atoms with Crippen molar-refractivity contribution >= 4 is 50.6 Å². The Hall–Kier alpha value is -3.39. The Labute approximate surface area is 231 Å². The predicted octanol–water partition coefficient (Wildman–Crippen LogP) is 5.99. The van der Waals surface area contributed by atoms with E-state index in [1.54, 1.807) is 17.8 Å². The van der Waals surface area contributed by atoms with Crippen molar-refractivity contribution in [2.45, 2.75) is 6.04 Å². The molecule has 3 aromatic carbocycles. The van der Waals surface area contributed by atoms with E-state index in [9.17, 15) is 4.79 Å². The molecule has 1 aromatic heterocycles. The molecular weight excluding hydrogens is 572 g/mol. The monoisotopic (exact) mass is 592 g/mol. The summed E-state index contributed by atoms with van der Waals surface area (Å²) in [6.07, 6.45) is 5.54. The minimum absolute atomic E-state index is 0.117. The number of allylic oxidation sites excluding steroid dienone is 1. The van der Waals surface area contributed by atoms with Gasteiger partial charge in [0.1, 0.15) is 6.61 Å². The number of aromatic nitrogens is 1. The van der Waals surface area contributed by atoms with E-state index >= 15 is 0 Å². The van der Waals surface area contributed by atoms with Crippen molar-refractivity contribution in [2.24, 2.45) is 4.99 Å². The molecular formula is C29H22BrClN2O3S. The summed E-state index contributed by atoms with van der Waals surface area (Å²) in [6, 6.07) is 20.9. The van der Waals surface area contributed by atoms with Gasteiger partial charge in [0.25, 0.3) is 5.56 Å². The summed E-state index contributed by atoms with van der Waals surface area (Å²) in [5.74, 6) is 1.14. The molecule has 37 heavy (non-hydrogen) atoms. The summed E-state index contributed by atoms with van der Waals surface area (Å²) in [5.41, 5.74) is 3.44. The highest BCUT2D eigenvalue weighted by molar-refractivity contribution is 9.10. The molecule has 0 spiro atoms. The molecule has 0 amide bonds. The van der Waals surface area contributed by atoms with Gasteiger partial charge in [-0.2, -0.15) is 0 Å². The zero-order valence-electron chi connectivity index (χ0n) is 19.9. The van der Waals surface area contributed by atoms with Gasteiger partial charge in [-0.1, -0.05) is 78.1 Å². The molecule has 4 aromatic rings. The van der Waals surface area contributed by atoms with Gasteiger partial charge in [-0.05, 0) is 69.0 Å². The second-order valence-electron chi connectivity index (χ2n) is 8.23. The number of thiazole rings is 1. The first-order chi connectivity index (χ1) is 18.0. The summed E-state index contributed by atoms with van der Waals surface area (Å²) in [4.78, 5) is 19.2. The number of hydrogen-bond donors (Lipinski definition) is 0. The fraction of sp³-hybridized carbons (Fsp3) is 0.103. The van der Waals surface area contributed by atoms with E-state index in [0.717, 1.165) is 26.9 Å². The lowest BCUT2D eigenvalue weighted by atomic mass is 10.0. The Balaban J connectivity index is 1.67. The normalized spacial score (nSPS) is 14.9. The lowest BCUT2D eigenvalue weighted by Crippen LogP contribution is -2.36. The van der Waals surface area contributed by atoms with E-state index in [1.165, 1.54) is 11.3 Å². The Morgan fingerprint density at radius 1 is 1.16 bits per heavy atom. The van der Waals surface area contributed by atoms with E-state index in [1.807, 2.05) is 78.9 Å². The van der Waals surface area contributed by atoms with Crippen LogP contribution < -0.4 is 24.4 Å². The van der Waals surface area contributed by atoms with Crippen LogP contribution in [-0.2, 0) is 0 Å². The highest BCUT2D eigenvalue weighted by Crippen LogP contribution is 2.37. The molecule has 1 unspecified atom stereocenters. The summed E-state index contributed by atoms with van der Waals surface area (Å²) >= 11 is 11.1. The maximum atomic E-state index is 13.7. The quantitative estimate of drug-likeness (QED) is 0.247. The van der Waals surface area contributed by atoms with Gasteiger partial charge in [-0.15, -0.1) is 0 Å². The highest BCUT2D eigenvalue weighted by Gasteiger charge is 2.22. The highest BCUT2D eigenvalue weighted by atomic mass is 79.9. The fourth-order valence-corrected chi connectivity index (χ4v) is 5.82. The first-order valence-electron chi connectivity index (χ1n) is 11.4. The number of rotatable bonds is 7. The van der Waals surface area contributed by atoms with E-state index in [2.05, 4.69) is 22.5 Å². The Bertz CT molecular complexity index is 1680. The largest absolute Gasteiger partial charge is 0.493 e. The summed E-state index contributed by atoms with van der Waals surface area (Å²) in [6.45, 7) is 4.04. The third-order valence-electron chi connectivity index (χ3n) is 5.82. The molecule has 0 aliphatic carbocycles. The maximum Gasteiger partial charge on any atom is 0.271 e. The van der Waals surface area contributed by atoms with Gasteiger partial charge in [0.15, 0.2) is 16.3 Å². The van der Waals surface area contributed by atoms with E-state index in [4.69, 9.17) is 26.1 Å². The van der Waals surface area contributed by atoms with E-state index < -0.39 is 0 Å². The molecule has 2 heterocycles. The van der Waals surface area contributed by atoms with Crippen molar-refractivity contribution in [3.05, 3.63) is 131 Å². The molecule has 0 radical (unpaired) electrons. The molecule has 5 rings (SSSR count). The van der Waals surface area contributed by atoms with Gasteiger partial charge in [0.05, 0.1) is 27.9 Å². The van der Waals surface area contributed by atoms with Crippen molar-refractivity contribution in [1.29, 1.82) is 0 Å². The Morgan fingerprint density at radius 2 is 1.92 bits per heavy atom. The third-order valence-corrected chi connectivity index (χ3v) is 7.65. The molecule has 0 saturated heterocycles. The zero-order chi connectivity index (χ0) is 25.9. The van der Waals surface area contributed by atoms with Gasteiger partial charge in [0.2, 0.25) is 0 Å². The van der Waals surface area contributed by atoms with Crippen LogP contribution in [0.4, 0.5) is 0 Å². The SMILES string of the molecule is C=CCOc1c(Br)cc(C=c2sc3n(c2=O)C(c2ccc(Cl)cc2)C=C(c2ccccc2)N=3)cc1OC. The van der Waals surface area contributed by atoms with E-state index in [0.29, 0.717) is 32.5 Å². The molecule has 0 N–H and O–H groups in total. The molecule has 186 valence electrons. The summed E-state index contributed by atoms with van der Waals surface area (Å²) in [7, 11) is 1.58. The second-order valence-corrected chi connectivity index (χ2v) is 10.5. The maximum absolute atomic E-state index is 13.7. The topological polar surface area (TPSA) is 52.8 Å². The van der Waals surface area contributed by atoms with Crippen molar-refractivity contribution in [1.82, 2.24) is 4.57 Å². The summed E-state index contributed by atoms with van der Waals surface area (Å²) in [5, 5.41) is 0.642. The second kappa shape index (κ2) is 10.9. The molecule has 5 nitrogen and oxygen atoms in total. The number of fused-ring (bicyclic) bond motifs is 1. The van der Waals surface area contributed by atoms with Gasteiger partial charge in [-0.25, -0.2) is 4.99 Å². The average molecular weight is 594 g/mol. The van der Waals surface area contributed by atoms with Gasteiger partial charge >= 0.3 is 0 Å². The lowest BCUT2D eigenvalue weighted by molar-refractivity contribution is 0.324. The summed E-state index contributed by atoms with van der Waals surface area (Å²) < 4.78 is 14.3. The van der Waals surface area contributed by atoms with Crippen LogP contribution in [-0.4, -0.2) is 18.3 Å². The molecule has 1 atom stereocenters. The van der Waals surface area contributed by atoms with Crippen molar-refractivity contribution < 1.29 is 9.47 Å². The number of halogens is 2. The fourth-order valence-electron chi connectivity index (χ4n) is 4.11. The average Bonchev–Trinajstić information content (AvgIpc) is 3.23. The van der Waals surface area contributed by atoms with Crippen LogP contribution in [0.25, 0.3) is 11.8 Å². The number of ether oxygens (including phenoxy) is 2. The number of nitrogens with zero attached hydrogens (tertiary/aromatic N) is 2. The van der Waals surface area contributed by atoms with Gasteiger partial charge in [0, 0.05) is 5.02 Å². The van der Waals surface area contributed by atoms with Gasteiger partial charge in [-0.3, -0.25) is 9.36 Å². The van der Waals surface area contributed by atoms with Crippen LogP contribution in [0, 0.1) is 0 Å². The number of methoxy groups -OCH3 is 1. The van der Waals surface area contributed by atoms with Crippen molar-refractivity contribution in [2.75, 3.05) is 13.7 Å².